The van der Waals surface area contributed by atoms with E-state index in [1.807, 2.05) is 78.6 Å². The number of benzene rings is 2. The number of amides is 2. The molecule has 0 unspecified atom stereocenters. The Morgan fingerprint density at radius 1 is 0.644 bits per heavy atom. The number of esters is 2. The molecular weight excluding hydrogens is 956 g/mol. The number of Topliss-reactive ketones (excluding diaryl/α,β-unsaturated/α-hetero) is 1. The molecule has 0 bridgehead atoms. The zero-order chi connectivity index (χ0) is 52.9. The number of unbranched alkanes of at least 4 members (excludes halogenated alkanes) is 6. The van der Waals surface area contributed by atoms with Gasteiger partial charge in [-0.1, -0.05) is 92.4 Å². The molecule has 19 heteroatoms. The minimum atomic E-state index is -3.35. The Bertz CT molecular complexity index is 2420. The predicted molar refractivity (Wildman–Crippen MR) is 275 cm³/mol. The van der Waals surface area contributed by atoms with Gasteiger partial charge in [-0.15, -0.1) is 0 Å². The van der Waals surface area contributed by atoms with E-state index in [1.54, 1.807) is 45.9 Å². The van der Waals surface area contributed by atoms with Crippen LogP contribution < -0.4 is 0 Å². The number of ether oxygens (including phenoxy) is 2. The fourth-order valence-corrected chi connectivity index (χ4v) is 9.13. The van der Waals surface area contributed by atoms with Crippen molar-refractivity contribution >= 4 is 49.2 Å². The summed E-state index contributed by atoms with van der Waals surface area (Å²) in [7, 11) is -0.826. The Hall–Kier alpha value is -6.36. The minimum Gasteiger partial charge on any atom is -0.466 e. The highest BCUT2D eigenvalue weighted by molar-refractivity contribution is 7.54. The van der Waals surface area contributed by atoms with Crippen molar-refractivity contribution in [3.05, 3.63) is 120 Å². The lowest BCUT2D eigenvalue weighted by Crippen LogP contribution is -2.34. The molecule has 0 radical (unpaired) electrons. The van der Waals surface area contributed by atoms with Crippen LogP contribution in [0.2, 0.25) is 0 Å². The van der Waals surface area contributed by atoms with E-state index < -0.39 is 7.60 Å². The second-order valence-corrected chi connectivity index (χ2v) is 19.8. The van der Waals surface area contributed by atoms with Crippen molar-refractivity contribution in [2.24, 2.45) is 0 Å². The maximum absolute atomic E-state index is 12.6. The number of aldehydes is 1. The predicted octanol–water partition coefficient (Wildman–Crippen LogP) is 8.46. The second kappa shape index (κ2) is 32.7. The monoisotopic (exact) mass is 1030 g/mol. The standard InChI is InChI=1S/C26H33N3O4.C14H17N2O4P.C14H23NO4/c1-2-33-26(32)12-8-3-4-9-17-29-23(14-16-25(29)31)13-15-24(30)22-18-27-28(20-22)19-21-10-6-5-7-11-21;1-19-21(18,20-2)11-14(17)13-8-15-16(10-13)9-12-6-4-3-5-7-12;1-2-19-14(18)7-5-3-4-6-10-15-12(11-16)8-9-13(15)17/h5-7,10-11,13,15,18,20,23H,2-4,8-9,12,14,16-17,19H2,1H3;3-8,10H,9,11H2,1-2H3;11-12H,2-10H2,1H3/b15-13+;;/t23-;;12-/m0.1/s1. The van der Waals surface area contributed by atoms with Gasteiger partial charge >= 0.3 is 19.5 Å². The molecule has 18 nitrogen and oxygen atoms in total. The van der Waals surface area contributed by atoms with Gasteiger partial charge in [0, 0.05) is 65.4 Å². The second-order valence-electron chi connectivity index (χ2n) is 17.6. The summed E-state index contributed by atoms with van der Waals surface area (Å²) in [5, 5.41) is 8.43. The number of rotatable bonds is 29. The smallest absolute Gasteiger partial charge is 0.337 e. The quantitative estimate of drug-likeness (QED) is 0.0125. The lowest BCUT2D eigenvalue weighted by atomic mass is 10.1. The van der Waals surface area contributed by atoms with Crippen LogP contribution >= 0.6 is 7.60 Å². The highest BCUT2D eigenvalue weighted by Crippen LogP contribution is 2.46. The molecule has 0 N–H and O–H groups in total. The van der Waals surface area contributed by atoms with Crippen LogP contribution in [0.15, 0.2) is 97.6 Å². The third-order valence-electron chi connectivity index (χ3n) is 12.2. The zero-order valence-electron chi connectivity index (χ0n) is 42.8. The number of likely N-dealkylation sites (tertiary alicyclic amines) is 2. The van der Waals surface area contributed by atoms with E-state index in [-0.39, 0.29) is 53.6 Å². The first-order chi connectivity index (χ1) is 35.3. The van der Waals surface area contributed by atoms with Gasteiger partial charge in [-0.2, -0.15) is 10.2 Å². The fraction of sp³-hybridized carbons (Fsp3) is 0.500. The van der Waals surface area contributed by atoms with Crippen LogP contribution in [0.3, 0.4) is 0 Å². The number of nitrogens with zero attached hydrogens (tertiary/aromatic N) is 6. The molecule has 73 heavy (non-hydrogen) atoms. The molecule has 0 aliphatic carbocycles. The van der Waals surface area contributed by atoms with Crippen LogP contribution in [-0.2, 0) is 60.1 Å². The van der Waals surface area contributed by atoms with Gasteiger partial charge in [0.2, 0.25) is 11.8 Å². The van der Waals surface area contributed by atoms with Crippen molar-refractivity contribution in [2.45, 2.75) is 129 Å². The van der Waals surface area contributed by atoms with Crippen LogP contribution in [-0.4, -0.2) is 130 Å². The molecule has 6 rings (SSSR count). The van der Waals surface area contributed by atoms with Crippen LogP contribution in [0.4, 0.5) is 0 Å². The van der Waals surface area contributed by atoms with Gasteiger partial charge in [0.15, 0.2) is 11.6 Å². The molecule has 4 aromatic rings. The van der Waals surface area contributed by atoms with Gasteiger partial charge in [0.25, 0.3) is 0 Å². The molecule has 2 aromatic carbocycles. The maximum Gasteiger partial charge on any atom is 0.337 e. The van der Waals surface area contributed by atoms with Gasteiger partial charge in [0.1, 0.15) is 12.4 Å². The Balaban J connectivity index is 0.000000251. The number of carbonyl (C=O) groups excluding carboxylic acids is 7. The van der Waals surface area contributed by atoms with Gasteiger partial charge in [-0.05, 0) is 69.6 Å². The summed E-state index contributed by atoms with van der Waals surface area (Å²) in [5.74, 6) is -0.484. The summed E-state index contributed by atoms with van der Waals surface area (Å²) in [6.45, 7) is 6.98. The summed E-state index contributed by atoms with van der Waals surface area (Å²) in [6.07, 6.45) is 21.0. The molecule has 2 aromatic heterocycles. The molecule has 2 fully saturated rings. The van der Waals surface area contributed by atoms with Crippen molar-refractivity contribution in [3.8, 4) is 0 Å². The van der Waals surface area contributed by atoms with Crippen LogP contribution in [0.5, 0.6) is 0 Å². The number of ketones is 2. The number of hydrogen-bond acceptors (Lipinski definition) is 14. The molecule has 0 saturated carbocycles. The van der Waals surface area contributed by atoms with E-state index in [9.17, 15) is 38.1 Å². The van der Waals surface area contributed by atoms with Crippen LogP contribution in [0.1, 0.15) is 136 Å². The third-order valence-corrected chi connectivity index (χ3v) is 14.0. The molecule has 4 heterocycles. The Kier molecular flexibility index (Phi) is 26.5. The van der Waals surface area contributed by atoms with Crippen LogP contribution in [0, 0.1) is 0 Å². The average Bonchev–Trinajstić information content (AvgIpc) is 4.22. The van der Waals surface area contributed by atoms with Crippen LogP contribution in [0.25, 0.3) is 0 Å². The highest BCUT2D eigenvalue weighted by Gasteiger charge is 2.31. The van der Waals surface area contributed by atoms with Crippen molar-refractivity contribution in [3.63, 3.8) is 0 Å². The highest BCUT2D eigenvalue weighted by atomic mass is 31.2. The topological polar surface area (TPSA) is 216 Å². The van der Waals surface area contributed by atoms with Gasteiger partial charge in [-0.25, -0.2) is 0 Å². The summed E-state index contributed by atoms with van der Waals surface area (Å²) in [5.41, 5.74) is 3.13. The number of allylic oxidation sites excluding steroid dienone is 1. The van der Waals surface area contributed by atoms with Crippen molar-refractivity contribution in [1.29, 1.82) is 0 Å². The first kappa shape index (κ1) is 59.2. The lowest BCUT2D eigenvalue weighted by molar-refractivity contribution is -0.144. The largest absolute Gasteiger partial charge is 0.466 e. The van der Waals surface area contributed by atoms with E-state index in [0.717, 1.165) is 75.2 Å². The summed E-state index contributed by atoms with van der Waals surface area (Å²) in [4.78, 5) is 85.3. The molecule has 2 amide bonds. The molecule has 396 valence electrons. The van der Waals surface area contributed by atoms with Crippen molar-refractivity contribution < 1.29 is 56.6 Å². The minimum absolute atomic E-state index is 0.0413. The maximum atomic E-state index is 12.6. The normalized spacial score (nSPS) is 15.4. The van der Waals surface area contributed by atoms with Gasteiger partial charge < -0.3 is 33.1 Å². The van der Waals surface area contributed by atoms with Gasteiger partial charge in [-0.3, -0.25) is 42.7 Å². The zero-order valence-corrected chi connectivity index (χ0v) is 43.7. The number of aromatic nitrogens is 4. The van der Waals surface area contributed by atoms with E-state index in [1.165, 1.54) is 20.4 Å². The summed E-state index contributed by atoms with van der Waals surface area (Å²) >= 11 is 0. The van der Waals surface area contributed by atoms with E-state index in [0.29, 0.717) is 82.6 Å². The lowest BCUT2D eigenvalue weighted by Gasteiger charge is -2.22. The average molecular weight is 1030 g/mol. The summed E-state index contributed by atoms with van der Waals surface area (Å²) in [6, 6.07) is 19.5. The van der Waals surface area contributed by atoms with E-state index in [2.05, 4.69) is 10.2 Å². The Morgan fingerprint density at radius 2 is 1.10 bits per heavy atom. The SMILES string of the molecule is CCOC(=O)CCCCCCN1C(=O)CC[C@@H]1/C=C/C(=O)c1cnn(Cc2ccccc2)c1.CCOC(=O)CCCCCCN1C(=O)CC[C@@H]1C=O.COP(=O)(CC(=O)c1cnn(Cc2ccccc2)c1)OC. The van der Waals surface area contributed by atoms with Gasteiger partial charge in [0.05, 0.1) is 61.9 Å². The molecule has 2 aliphatic rings. The molecule has 2 aliphatic heterocycles. The Labute approximate surface area is 429 Å². The fourth-order valence-electron chi connectivity index (χ4n) is 8.19. The number of carbonyl (C=O) groups is 7. The third kappa shape index (κ3) is 21.3. The molecule has 2 saturated heterocycles. The van der Waals surface area contributed by atoms with E-state index >= 15 is 0 Å². The van der Waals surface area contributed by atoms with E-state index in [4.69, 9.17) is 18.5 Å². The summed E-state index contributed by atoms with van der Waals surface area (Å²) < 4.78 is 34.7. The molecule has 0 spiro atoms. The molecular formula is C54H73N6O12P. The Morgan fingerprint density at radius 3 is 1.58 bits per heavy atom. The molecule has 2 atom stereocenters. The van der Waals surface area contributed by atoms with Crippen molar-refractivity contribution in [1.82, 2.24) is 29.4 Å². The first-order valence-electron chi connectivity index (χ1n) is 25.3. The van der Waals surface area contributed by atoms with Crippen molar-refractivity contribution in [2.75, 3.05) is 46.7 Å². The number of hydrogen-bond donors (Lipinski definition) is 0. The first-order valence-corrected chi connectivity index (χ1v) is 27.0.